The molecular weight excluding hydrogens is 395 g/mol. The molecule has 7 heteroatoms. The Kier molecular flexibility index (Phi) is 7.88. The van der Waals surface area contributed by atoms with Crippen LogP contribution in [0.2, 0.25) is 0 Å². The van der Waals surface area contributed by atoms with E-state index in [1.54, 1.807) is 19.0 Å². The van der Waals surface area contributed by atoms with Crippen LogP contribution in [-0.4, -0.2) is 67.6 Å². The Morgan fingerprint density at radius 1 is 1.27 bits per heavy atom. The van der Waals surface area contributed by atoms with E-state index in [1.165, 1.54) is 12.8 Å². The third-order valence-corrected chi connectivity index (χ3v) is 4.39. The molecule has 0 saturated carbocycles. The maximum atomic E-state index is 11.8. The van der Waals surface area contributed by atoms with E-state index >= 15 is 0 Å². The quantitative estimate of drug-likeness (QED) is 0.421. The van der Waals surface area contributed by atoms with Gasteiger partial charge in [0.25, 0.3) is 5.91 Å². The molecule has 2 fully saturated rings. The second-order valence-corrected chi connectivity index (χ2v) is 6.43. The van der Waals surface area contributed by atoms with Crippen LogP contribution in [-0.2, 0) is 9.53 Å². The predicted octanol–water partition coefficient (Wildman–Crippen LogP) is 1.29. The Bertz CT molecular complexity index is 395. The second-order valence-electron chi connectivity index (χ2n) is 6.43. The fourth-order valence-electron chi connectivity index (χ4n) is 2.84. The van der Waals surface area contributed by atoms with Crippen molar-refractivity contribution in [1.29, 1.82) is 0 Å². The summed E-state index contributed by atoms with van der Waals surface area (Å²) in [4.78, 5) is 20.0. The van der Waals surface area contributed by atoms with E-state index in [0.29, 0.717) is 12.5 Å². The molecular formula is C15H29IN4O2. The lowest BCUT2D eigenvalue weighted by atomic mass is 10.00. The number of rotatable bonds is 3. The van der Waals surface area contributed by atoms with Crippen molar-refractivity contribution < 1.29 is 9.53 Å². The molecule has 0 aromatic rings. The minimum absolute atomic E-state index is 0. The van der Waals surface area contributed by atoms with Crippen LogP contribution in [0.25, 0.3) is 0 Å². The van der Waals surface area contributed by atoms with Crippen molar-refractivity contribution >= 4 is 35.8 Å². The van der Waals surface area contributed by atoms with E-state index in [0.717, 1.165) is 31.8 Å². The number of hydrogen-bond acceptors (Lipinski definition) is 3. The van der Waals surface area contributed by atoms with Crippen LogP contribution in [0.5, 0.6) is 0 Å². The number of ether oxygens (including phenoxy) is 1. The number of aliphatic imine (C=N–C) groups is 1. The standard InChI is InChI=1S/C15H28N4O2.HI/c1-11-6-8-19(9-7-11)15(16)17-10-12-4-5-13(21-12)14(20)18(2)3;/h11-13H,4-10H2,1-3H3,(H2,16,17);1H. The van der Waals surface area contributed by atoms with Gasteiger partial charge >= 0.3 is 0 Å². The summed E-state index contributed by atoms with van der Waals surface area (Å²) in [6, 6.07) is 0. The lowest BCUT2D eigenvalue weighted by molar-refractivity contribution is -0.140. The summed E-state index contributed by atoms with van der Waals surface area (Å²) in [6.07, 6.45) is 3.71. The third kappa shape index (κ3) is 5.26. The zero-order valence-electron chi connectivity index (χ0n) is 13.8. The van der Waals surface area contributed by atoms with Gasteiger partial charge in [0.2, 0.25) is 0 Å². The van der Waals surface area contributed by atoms with Gasteiger partial charge in [-0.1, -0.05) is 6.92 Å². The molecule has 2 aliphatic rings. The molecule has 6 nitrogen and oxygen atoms in total. The minimum atomic E-state index is -0.308. The zero-order chi connectivity index (χ0) is 15.4. The third-order valence-electron chi connectivity index (χ3n) is 4.39. The molecule has 0 bridgehead atoms. The lowest BCUT2D eigenvalue weighted by Gasteiger charge is -2.31. The van der Waals surface area contributed by atoms with Crippen molar-refractivity contribution in [3.8, 4) is 0 Å². The molecule has 2 rings (SSSR count). The van der Waals surface area contributed by atoms with Gasteiger partial charge in [0.05, 0.1) is 12.6 Å². The average Bonchev–Trinajstić information content (AvgIpc) is 2.93. The highest BCUT2D eigenvalue weighted by Crippen LogP contribution is 2.21. The first-order valence-corrected chi connectivity index (χ1v) is 7.89. The summed E-state index contributed by atoms with van der Waals surface area (Å²) in [5.74, 6) is 1.44. The molecule has 0 aromatic heterocycles. The number of hydrogen-bond donors (Lipinski definition) is 1. The van der Waals surface area contributed by atoms with Gasteiger partial charge in [-0.3, -0.25) is 9.79 Å². The summed E-state index contributed by atoms with van der Waals surface area (Å²) in [6.45, 7) is 4.81. The lowest BCUT2D eigenvalue weighted by Crippen LogP contribution is -2.43. The van der Waals surface area contributed by atoms with Gasteiger partial charge in [-0.2, -0.15) is 0 Å². The van der Waals surface area contributed by atoms with Crippen molar-refractivity contribution in [2.75, 3.05) is 33.7 Å². The van der Waals surface area contributed by atoms with Crippen molar-refractivity contribution in [3.63, 3.8) is 0 Å². The number of carbonyl (C=O) groups is 1. The zero-order valence-corrected chi connectivity index (χ0v) is 16.2. The summed E-state index contributed by atoms with van der Waals surface area (Å²) < 4.78 is 5.77. The van der Waals surface area contributed by atoms with Crippen molar-refractivity contribution in [3.05, 3.63) is 0 Å². The fraction of sp³-hybridized carbons (Fsp3) is 0.867. The summed E-state index contributed by atoms with van der Waals surface area (Å²) in [5.41, 5.74) is 6.06. The van der Waals surface area contributed by atoms with Crippen molar-refractivity contribution in [2.24, 2.45) is 16.6 Å². The van der Waals surface area contributed by atoms with Crippen LogP contribution in [0.3, 0.4) is 0 Å². The Morgan fingerprint density at radius 2 is 1.91 bits per heavy atom. The molecule has 2 aliphatic heterocycles. The highest BCUT2D eigenvalue weighted by atomic mass is 127. The number of halogens is 1. The topological polar surface area (TPSA) is 71.2 Å². The van der Waals surface area contributed by atoms with Crippen LogP contribution >= 0.6 is 24.0 Å². The van der Waals surface area contributed by atoms with E-state index in [1.807, 2.05) is 0 Å². The minimum Gasteiger partial charge on any atom is -0.370 e. The number of piperidine rings is 1. The van der Waals surface area contributed by atoms with E-state index in [9.17, 15) is 4.79 Å². The van der Waals surface area contributed by atoms with Gasteiger partial charge in [-0.25, -0.2) is 0 Å². The molecule has 22 heavy (non-hydrogen) atoms. The number of amides is 1. The van der Waals surface area contributed by atoms with E-state index < -0.39 is 0 Å². The van der Waals surface area contributed by atoms with E-state index in [-0.39, 0.29) is 42.1 Å². The number of likely N-dealkylation sites (N-methyl/N-ethyl adjacent to an activating group) is 1. The Balaban J connectivity index is 0.00000242. The van der Waals surface area contributed by atoms with E-state index in [2.05, 4.69) is 16.8 Å². The smallest absolute Gasteiger partial charge is 0.251 e. The molecule has 2 heterocycles. The van der Waals surface area contributed by atoms with Crippen molar-refractivity contribution in [2.45, 2.75) is 44.8 Å². The maximum Gasteiger partial charge on any atom is 0.251 e. The number of likely N-dealkylation sites (tertiary alicyclic amines) is 1. The molecule has 2 unspecified atom stereocenters. The molecule has 0 spiro atoms. The highest BCUT2D eigenvalue weighted by Gasteiger charge is 2.31. The Labute approximate surface area is 150 Å². The molecule has 0 aliphatic carbocycles. The number of nitrogens with zero attached hydrogens (tertiary/aromatic N) is 3. The van der Waals surface area contributed by atoms with Crippen LogP contribution in [0.4, 0.5) is 0 Å². The normalized spacial score (nSPS) is 26.7. The van der Waals surface area contributed by atoms with Crippen LogP contribution in [0, 0.1) is 5.92 Å². The largest absolute Gasteiger partial charge is 0.370 e. The van der Waals surface area contributed by atoms with E-state index in [4.69, 9.17) is 10.5 Å². The first-order valence-electron chi connectivity index (χ1n) is 7.89. The summed E-state index contributed by atoms with van der Waals surface area (Å²) >= 11 is 0. The molecule has 0 aromatic carbocycles. The molecule has 1 amide bonds. The van der Waals surface area contributed by atoms with Crippen LogP contribution < -0.4 is 5.73 Å². The number of nitrogens with two attached hydrogens (primary N) is 1. The number of guanidine groups is 1. The van der Waals surface area contributed by atoms with Crippen LogP contribution in [0.15, 0.2) is 4.99 Å². The molecule has 128 valence electrons. The fourth-order valence-corrected chi connectivity index (χ4v) is 2.84. The van der Waals surface area contributed by atoms with Crippen LogP contribution in [0.1, 0.15) is 32.6 Å². The molecule has 2 saturated heterocycles. The molecule has 2 atom stereocenters. The first-order chi connectivity index (χ1) is 9.97. The SMILES string of the molecule is CC1CCN(C(N)=NCC2CCC(C(=O)N(C)C)O2)CC1.I. The summed E-state index contributed by atoms with van der Waals surface area (Å²) in [5, 5.41) is 0. The first kappa shape index (κ1) is 19.5. The van der Waals surface area contributed by atoms with Gasteiger partial charge < -0.3 is 20.3 Å². The van der Waals surface area contributed by atoms with Gasteiger partial charge in [0.15, 0.2) is 5.96 Å². The van der Waals surface area contributed by atoms with Gasteiger partial charge in [0, 0.05) is 27.2 Å². The second kappa shape index (κ2) is 8.90. The Morgan fingerprint density at radius 3 is 2.50 bits per heavy atom. The summed E-state index contributed by atoms with van der Waals surface area (Å²) in [7, 11) is 3.51. The highest BCUT2D eigenvalue weighted by molar-refractivity contribution is 14.0. The van der Waals surface area contributed by atoms with Gasteiger partial charge in [0.1, 0.15) is 6.10 Å². The average molecular weight is 424 g/mol. The maximum absolute atomic E-state index is 11.8. The predicted molar refractivity (Wildman–Crippen MR) is 98.5 cm³/mol. The Hall–Kier alpha value is -0.570. The van der Waals surface area contributed by atoms with Crippen molar-refractivity contribution in [1.82, 2.24) is 9.80 Å². The number of carbonyl (C=O) groups excluding carboxylic acids is 1. The monoisotopic (exact) mass is 424 g/mol. The van der Waals surface area contributed by atoms with Gasteiger partial charge in [-0.15, -0.1) is 24.0 Å². The van der Waals surface area contributed by atoms with Gasteiger partial charge in [-0.05, 0) is 31.6 Å². The molecule has 0 radical (unpaired) electrons. The molecule has 2 N–H and O–H groups in total.